The summed E-state index contributed by atoms with van der Waals surface area (Å²) in [4.78, 5) is 46.4. The van der Waals surface area contributed by atoms with Crippen LogP contribution < -0.4 is 10.1 Å². The van der Waals surface area contributed by atoms with Gasteiger partial charge in [-0.2, -0.15) is 0 Å². The van der Waals surface area contributed by atoms with Crippen molar-refractivity contribution in [2.75, 3.05) is 25.5 Å². The monoisotopic (exact) mass is 385 g/mol. The van der Waals surface area contributed by atoms with Crippen molar-refractivity contribution in [3.05, 3.63) is 63.7 Å². The number of aryl methyl sites for hydroxylation is 1. The largest absolute Gasteiger partial charge is 0.477 e. The van der Waals surface area contributed by atoms with Crippen LogP contribution in [0.25, 0.3) is 0 Å². The van der Waals surface area contributed by atoms with Gasteiger partial charge in [-0.25, -0.2) is 0 Å². The van der Waals surface area contributed by atoms with E-state index < -0.39 is 23.1 Å². The smallest absolute Gasteiger partial charge is 0.311 e. The van der Waals surface area contributed by atoms with E-state index in [9.17, 15) is 24.5 Å². The predicted octanol–water partition coefficient (Wildman–Crippen LogP) is 2.19. The van der Waals surface area contributed by atoms with Crippen molar-refractivity contribution >= 4 is 29.5 Å². The standard InChI is InChI=1S/C19H19N3O6/c1-13-3-6-15(7-4-13)20-18(24)10-21(2)19(25)12-28-17-8-5-14(11-23)9-16(17)22(26)27/h3-9,11H,10,12H2,1-2H3,(H,20,24). The molecular weight excluding hydrogens is 366 g/mol. The molecule has 2 aromatic carbocycles. The van der Waals surface area contributed by atoms with Gasteiger partial charge in [-0.1, -0.05) is 17.7 Å². The highest BCUT2D eigenvalue weighted by Gasteiger charge is 2.19. The van der Waals surface area contributed by atoms with Crippen molar-refractivity contribution in [2.24, 2.45) is 0 Å². The average Bonchev–Trinajstić information content (AvgIpc) is 2.67. The highest BCUT2D eigenvalue weighted by Crippen LogP contribution is 2.27. The molecule has 2 rings (SSSR count). The number of nitro benzene ring substituents is 1. The Bertz CT molecular complexity index is 895. The van der Waals surface area contributed by atoms with Crippen molar-refractivity contribution < 1.29 is 24.0 Å². The molecule has 0 aliphatic rings. The molecule has 0 radical (unpaired) electrons. The number of anilines is 1. The number of hydrogen-bond donors (Lipinski definition) is 1. The maximum atomic E-state index is 12.1. The van der Waals surface area contributed by atoms with Crippen molar-refractivity contribution in [3.8, 4) is 5.75 Å². The summed E-state index contributed by atoms with van der Waals surface area (Å²) in [7, 11) is 1.42. The molecule has 0 aromatic heterocycles. The van der Waals surface area contributed by atoms with E-state index in [1.165, 1.54) is 19.2 Å². The molecule has 0 atom stereocenters. The zero-order valence-electron chi connectivity index (χ0n) is 15.4. The first-order valence-corrected chi connectivity index (χ1v) is 8.27. The van der Waals surface area contributed by atoms with Gasteiger partial charge in [0.1, 0.15) is 6.29 Å². The van der Waals surface area contributed by atoms with Gasteiger partial charge in [0.25, 0.3) is 5.91 Å². The normalized spacial score (nSPS) is 10.1. The number of nitrogens with one attached hydrogen (secondary N) is 1. The molecule has 0 saturated heterocycles. The fraction of sp³-hybridized carbons (Fsp3) is 0.211. The third-order valence-corrected chi connectivity index (χ3v) is 3.81. The molecule has 1 N–H and O–H groups in total. The van der Waals surface area contributed by atoms with Gasteiger partial charge in [-0.15, -0.1) is 0 Å². The number of amides is 2. The van der Waals surface area contributed by atoms with Gasteiger partial charge in [0.2, 0.25) is 5.91 Å². The molecular formula is C19H19N3O6. The molecule has 0 aliphatic heterocycles. The molecule has 0 saturated carbocycles. The average molecular weight is 385 g/mol. The first kappa shape index (κ1) is 20.6. The minimum absolute atomic E-state index is 0.121. The maximum absolute atomic E-state index is 12.1. The van der Waals surface area contributed by atoms with E-state index in [-0.39, 0.29) is 23.8 Å². The van der Waals surface area contributed by atoms with Crippen LogP contribution in [0.15, 0.2) is 42.5 Å². The lowest BCUT2D eigenvalue weighted by Gasteiger charge is -2.17. The van der Waals surface area contributed by atoms with Crippen molar-refractivity contribution in [1.29, 1.82) is 0 Å². The van der Waals surface area contributed by atoms with E-state index in [4.69, 9.17) is 4.74 Å². The number of ether oxygens (including phenoxy) is 1. The molecule has 2 aromatic rings. The van der Waals surface area contributed by atoms with E-state index >= 15 is 0 Å². The predicted molar refractivity (Wildman–Crippen MR) is 101 cm³/mol. The van der Waals surface area contributed by atoms with E-state index in [1.54, 1.807) is 12.1 Å². The van der Waals surface area contributed by atoms with Gasteiger partial charge in [0.05, 0.1) is 11.5 Å². The second kappa shape index (κ2) is 9.26. The van der Waals surface area contributed by atoms with Gasteiger partial charge in [-0.3, -0.25) is 24.5 Å². The second-order valence-corrected chi connectivity index (χ2v) is 6.05. The van der Waals surface area contributed by atoms with Crippen molar-refractivity contribution in [1.82, 2.24) is 4.90 Å². The summed E-state index contributed by atoms with van der Waals surface area (Å²) in [6.45, 7) is 1.23. The first-order valence-electron chi connectivity index (χ1n) is 8.27. The lowest BCUT2D eigenvalue weighted by Crippen LogP contribution is -2.37. The summed E-state index contributed by atoms with van der Waals surface area (Å²) in [5.41, 5.74) is 1.36. The van der Waals surface area contributed by atoms with Crippen LogP contribution in [-0.4, -0.2) is 48.1 Å². The topological polar surface area (TPSA) is 119 Å². The summed E-state index contributed by atoms with van der Waals surface area (Å²) < 4.78 is 5.21. The van der Waals surface area contributed by atoms with Crippen LogP contribution in [0.4, 0.5) is 11.4 Å². The molecule has 0 fully saturated rings. The number of rotatable bonds is 8. The van der Waals surface area contributed by atoms with Crippen LogP contribution in [0, 0.1) is 17.0 Å². The summed E-state index contributed by atoms with van der Waals surface area (Å²) in [6, 6.07) is 10.9. The summed E-state index contributed by atoms with van der Waals surface area (Å²) in [6.07, 6.45) is 0.475. The van der Waals surface area contributed by atoms with Crippen molar-refractivity contribution in [3.63, 3.8) is 0 Å². The van der Waals surface area contributed by atoms with Crippen LogP contribution in [-0.2, 0) is 9.59 Å². The van der Waals surface area contributed by atoms with E-state index in [0.717, 1.165) is 16.5 Å². The van der Waals surface area contributed by atoms with Gasteiger partial charge in [0.15, 0.2) is 12.4 Å². The van der Waals surface area contributed by atoms with E-state index in [2.05, 4.69) is 5.32 Å². The number of likely N-dealkylation sites (N-methyl/N-ethyl adjacent to an activating group) is 1. The van der Waals surface area contributed by atoms with E-state index in [0.29, 0.717) is 12.0 Å². The molecule has 146 valence electrons. The van der Waals surface area contributed by atoms with Crippen molar-refractivity contribution in [2.45, 2.75) is 6.92 Å². The third-order valence-electron chi connectivity index (χ3n) is 3.81. The molecule has 9 nitrogen and oxygen atoms in total. The second-order valence-electron chi connectivity index (χ2n) is 6.05. The van der Waals surface area contributed by atoms with Crippen LogP contribution in [0.5, 0.6) is 5.75 Å². The third kappa shape index (κ3) is 5.63. The minimum atomic E-state index is -0.703. The van der Waals surface area contributed by atoms with Gasteiger partial charge < -0.3 is 15.0 Å². The maximum Gasteiger partial charge on any atom is 0.311 e. The number of carbonyl (C=O) groups is 3. The van der Waals surface area contributed by atoms with Gasteiger partial charge >= 0.3 is 5.69 Å². The van der Waals surface area contributed by atoms with Gasteiger partial charge in [0, 0.05) is 24.4 Å². The fourth-order valence-corrected chi connectivity index (χ4v) is 2.26. The molecule has 0 spiro atoms. The lowest BCUT2D eigenvalue weighted by atomic mass is 10.2. The molecule has 2 amide bonds. The fourth-order valence-electron chi connectivity index (χ4n) is 2.26. The molecule has 0 unspecified atom stereocenters. The first-order chi connectivity index (χ1) is 13.3. The summed E-state index contributed by atoms with van der Waals surface area (Å²) in [5, 5.41) is 13.7. The van der Waals surface area contributed by atoms with Crippen LogP contribution in [0.2, 0.25) is 0 Å². The SMILES string of the molecule is Cc1ccc(NC(=O)CN(C)C(=O)COc2ccc(C=O)cc2[N+](=O)[O-])cc1. The Morgan fingerprint density at radius 2 is 1.89 bits per heavy atom. The Balaban J connectivity index is 1.92. The number of nitrogens with zero attached hydrogens (tertiary/aromatic N) is 2. The number of carbonyl (C=O) groups excluding carboxylic acids is 3. The Morgan fingerprint density at radius 3 is 2.50 bits per heavy atom. The highest BCUT2D eigenvalue weighted by atomic mass is 16.6. The number of benzene rings is 2. The number of aldehydes is 1. The highest BCUT2D eigenvalue weighted by molar-refractivity contribution is 5.94. The summed E-state index contributed by atoms with van der Waals surface area (Å²) in [5.74, 6) is -1.06. The quantitative estimate of drug-likeness (QED) is 0.423. The van der Waals surface area contributed by atoms with Crippen LogP contribution in [0.3, 0.4) is 0 Å². The molecule has 28 heavy (non-hydrogen) atoms. The van der Waals surface area contributed by atoms with Gasteiger partial charge in [-0.05, 0) is 31.2 Å². The molecule has 0 aliphatic carbocycles. The summed E-state index contributed by atoms with van der Waals surface area (Å²) >= 11 is 0. The Hall–Kier alpha value is -3.75. The lowest BCUT2D eigenvalue weighted by molar-refractivity contribution is -0.385. The van der Waals surface area contributed by atoms with Crippen LogP contribution >= 0.6 is 0 Å². The zero-order chi connectivity index (χ0) is 20.7. The Kier molecular flexibility index (Phi) is 6.80. The Morgan fingerprint density at radius 1 is 1.21 bits per heavy atom. The number of nitro groups is 1. The minimum Gasteiger partial charge on any atom is -0.477 e. The molecule has 0 bridgehead atoms. The van der Waals surface area contributed by atoms with Crippen LogP contribution in [0.1, 0.15) is 15.9 Å². The van der Waals surface area contributed by atoms with E-state index in [1.807, 2.05) is 19.1 Å². The number of hydrogen-bond acceptors (Lipinski definition) is 6. The molecule has 9 heteroatoms. The zero-order valence-corrected chi connectivity index (χ0v) is 15.4. The Labute approximate surface area is 161 Å². The molecule has 0 heterocycles.